The SMILES string of the molecule is O=C1C=C(OC(=O)c2ccccc2)C(=O)N1. The molecule has 1 aromatic rings. The zero-order valence-corrected chi connectivity index (χ0v) is 8.10. The van der Waals surface area contributed by atoms with Crippen molar-refractivity contribution in [3.05, 3.63) is 47.7 Å². The fourth-order valence-corrected chi connectivity index (χ4v) is 1.20. The number of benzene rings is 1. The van der Waals surface area contributed by atoms with Gasteiger partial charge in [-0.2, -0.15) is 0 Å². The molecule has 2 rings (SSSR count). The number of hydrogen-bond acceptors (Lipinski definition) is 4. The summed E-state index contributed by atoms with van der Waals surface area (Å²) < 4.78 is 4.77. The molecule has 80 valence electrons. The molecule has 2 amide bonds. The Bertz CT molecular complexity index is 490. The predicted molar refractivity (Wildman–Crippen MR) is 53.1 cm³/mol. The molecular weight excluding hydrogens is 210 g/mol. The lowest BCUT2D eigenvalue weighted by molar-refractivity contribution is -0.125. The third kappa shape index (κ3) is 1.98. The van der Waals surface area contributed by atoms with Crippen LogP contribution in [0.2, 0.25) is 0 Å². The summed E-state index contributed by atoms with van der Waals surface area (Å²) in [5.41, 5.74) is 0.315. The van der Waals surface area contributed by atoms with Crippen LogP contribution in [0.25, 0.3) is 0 Å². The lowest BCUT2D eigenvalue weighted by Crippen LogP contribution is -2.23. The fourth-order valence-electron chi connectivity index (χ4n) is 1.20. The van der Waals surface area contributed by atoms with Gasteiger partial charge in [-0.15, -0.1) is 0 Å². The molecule has 0 saturated heterocycles. The Labute approximate surface area is 90.7 Å². The van der Waals surface area contributed by atoms with Crippen molar-refractivity contribution in [2.24, 2.45) is 0 Å². The van der Waals surface area contributed by atoms with Crippen molar-refractivity contribution < 1.29 is 19.1 Å². The largest absolute Gasteiger partial charge is 0.417 e. The molecule has 0 spiro atoms. The van der Waals surface area contributed by atoms with E-state index in [1.54, 1.807) is 30.3 Å². The van der Waals surface area contributed by atoms with Gasteiger partial charge < -0.3 is 4.74 Å². The number of rotatable bonds is 2. The number of ether oxygens (including phenoxy) is 1. The van der Waals surface area contributed by atoms with Crippen LogP contribution in [0.1, 0.15) is 10.4 Å². The van der Waals surface area contributed by atoms with Crippen molar-refractivity contribution in [2.45, 2.75) is 0 Å². The molecule has 0 aromatic heterocycles. The van der Waals surface area contributed by atoms with E-state index in [2.05, 4.69) is 0 Å². The third-order valence-corrected chi connectivity index (χ3v) is 1.93. The van der Waals surface area contributed by atoms with Crippen LogP contribution in [0.4, 0.5) is 0 Å². The van der Waals surface area contributed by atoms with Gasteiger partial charge in [0.2, 0.25) is 5.76 Å². The van der Waals surface area contributed by atoms with Gasteiger partial charge in [0.1, 0.15) is 0 Å². The van der Waals surface area contributed by atoms with Crippen LogP contribution in [0, 0.1) is 0 Å². The van der Waals surface area contributed by atoms with Crippen LogP contribution >= 0.6 is 0 Å². The second-order valence-corrected chi connectivity index (χ2v) is 3.08. The molecule has 5 nitrogen and oxygen atoms in total. The van der Waals surface area contributed by atoms with Gasteiger partial charge in [-0.3, -0.25) is 14.9 Å². The Morgan fingerprint density at radius 2 is 1.81 bits per heavy atom. The summed E-state index contributed by atoms with van der Waals surface area (Å²) in [5, 5.41) is 1.98. The topological polar surface area (TPSA) is 72.5 Å². The van der Waals surface area contributed by atoms with Crippen molar-refractivity contribution in [3.63, 3.8) is 0 Å². The molecule has 1 heterocycles. The number of nitrogens with one attached hydrogen (secondary N) is 1. The van der Waals surface area contributed by atoms with Crippen LogP contribution in [0.3, 0.4) is 0 Å². The molecule has 1 aliphatic heterocycles. The predicted octanol–water partition coefficient (Wildman–Crippen LogP) is 0.384. The average Bonchev–Trinajstić information content (AvgIpc) is 2.59. The van der Waals surface area contributed by atoms with Gasteiger partial charge >= 0.3 is 5.97 Å². The normalized spacial score (nSPS) is 14.4. The van der Waals surface area contributed by atoms with E-state index in [0.717, 1.165) is 6.08 Å². The summed E-state index contributed by atoms with van der Waals surface area (Å²) in [7, 11) is 0. The molecule has 0 fully saturated rings. The standard InChI is InChI=1S/C11H7NO4/c13-9-6-8(10(14)12-9)16-11(15)7-4-2-1-3-5-7/h1-6H,(H,12,13,14). The first-order valence-corrected chi connectivity index (χ1v) is 4.51. The van der Waals surface area contributed by atoms with Crippen molar-refractivity contribution in [2.75, 3.05) is 0 Å². The maximum atomic E-state index is 11.5. The van der Waals surface area contributed by atoms with E-state index in [1.165, 1.54) is 0 Å². The summed E-state index contributed by atoms with van der Waals surface area (Å²) in [4.78, 5) is 33.4. The summed E-state index contributed by atoms with van der Waals surface area (Å²) in [6.45, 7) is 0. The Morgan fingerprint density at radius 1 is 1.12 bits per heavy atom. The summed E-state index contributed by atoms with van der Waals surface area (Å²) >= 11 is 0. The van der Waals surface area contributed by atoms with E-state index in [1.807, 2.05) is 5.32 Å². The van der Waals surface area contributed by atoms with Crippen molar-refractivity contribution in [3.8, 4) is 0 Å². The van der Waals surface area contributed by atoms with Crippen molar-refractivity contribution in [1.82, 2.24) is 5.32 Å². The van der Waals surface area contributed by atoms with Crippen LogP contribution in [0.15, 0.2) is 42.2 Å². The van der Waals surface area contributed by atoms with Crippen molar-refractivity contribution >= 4 is 17.8 Å². The van der Waals surface area contributed by atoms with E-state index in [4.69, 9.17) is 4.74 Å². The van der Waals surface area contributed by atoms with Gasteiger partial charge in [-0.25, -0.2) is 4.79 Å². The van der Waals surface area contributed by atoms with Crippen LogP contribution in [0.5, 0.6) is 0 Å². The minimum atomic E-state index is -0.700. The highest BCUT2D eigenvalue weighted by atomic mass is 16.5. The molecule has 0 aliphatic carbocycles. The molecule has 0 atom stereocenters. The molecule has 1 aliphatic rings. The lowest BCUT2D eigenvalue weighted by atomic mass is 10.2. The number of esters is 1. The number of hydrogen-bond donors (Lipinski definition) is 1. The molecule has 1 N–H and O–H groups in total. The quantitative estimate of drug-likeness (QED) is 0.574. The molecule has 0 saturated carbocycles. The van der Waals surface area contributed by atoms with Gasteiger partial charge in [0.05, 0.1) is 11.6 Å². The second kappa shape index (κ2) is 3.98. The lowest BCUT2D eigenvalue weighted by Gasteiger charge is -2.02. The highest BCUT2D eigenvalue weighted by molar-refractivity contribution is 6.16. The summed E-state index contributed by atoms with van der Waals surface area (Å²) in [6.07, 6.45) is 0.948. The molecule has 0 bridgehead atoms. The Balaban J connectivity index is 2.12. The molecule has 5 heteroatoms. The van der Waals surface area contributed by atoms with Crippen LogP contribution < -0.4 is 5.32 Å². The first-order chi connectivity index (χ1) is 7.66. The minimum absolute atomic E-state index is 0.279. The van der Waals surface area contributed by atoms with Gasteiger partial charge in [-0.1, -0.05) is 18.2 Å². The number of carbonyl (C=O) groups excluding carboxylic acids is 3. The van der Waals surface area contributed by atoms with E-state index in [9.17, 15) is 14.4 Å². The molecule has 0 radical (unpaired) electrons. The van der Waals surface area contributed by atoms with Gasteiger partial charge in [0.15, 0.2) is 0 Å². The zero-order valence-electron chi connectivity index (χ0n) is 8.10. The Hall–Kier alpha value is -2.43. The van der Waals surface area contributed by atoms with E-state index < -0.39 is 17.8 Å². The van der Waals surface area contributed by atoms with Crippen LogP contribution in [-0.4, -0.2) is 17.8 Å². The Kier molecular flexibility index (Phi) is 2.51. The highest BCUT2D eigenvalue weighted by Gasteiger charge is 2.25. The third-order valence-electron chi connectivity index (χ3n) is 1.93. The maximum Gasteiger partial charge on any atom is 0.343 e. The van der Waals surface area contributed by atoms with E-state index >= 15 is 0 Å². The van der Waals surface area contributed by atoms with Gasteiger partial charge in [0, 0.05) is 0 Å². The highest BCUT2D eigenvalue weighted by Crippen LogP contribution is 2.09. The number of imide groups is 1. The monoisotopic (exact) mass is 217 g/mol. The summed E-state index contributed by atoms with van der Waals surface area (Å²) in [6, 6.07) is 8.20. The van der Waals surface area contributed by atoms with Crippen LogP contribution in [-0.2, 0) is 14.3 Å². The molecule has 16 heavy (non-hydrogen) atoms. The number of carbonyl (C=O) groups is 3. The Morgan fingerprint density at radius 3 is 2.38 bits per heavy atom. The van der Waals surface area contributed by atoms with E-state index in [-0.39, 0.29) is 5.76 Å². The molecule has 0 unspecified atom stereocenters. The average molecular weight is 217 g/mol. The zero-order chi connectivity index (χ0) is 11.5. The smallest absolute Gasteiger partial charge is 0.343 e. The second-order valence-electron chi connectivity index (χ2n) is 3.08. The van der Waals surface area contributed by atoms with Gasteiger partial charge in [0.25, 0.3) is 11.8 Å². The fraction of sp³-hybridized carbons (Fsp3) is 0. The maximum absolute atomic E-state index is 11.5. The molecule has 1 aromatic carbocycles. The van der Waals surface area contributed by atoms with E-state index in [0.29, 0.717) is 5.56 Å². The first kappa shape index (κ1) is 10.1. The summed E-state index contributed by atoms with van der Waals surface area (Å²) in [5.74, 6) is -2.23. The van der Waals surface area contributed by atoms with Crippen molar-refractivity contribution in [1.29, 1.82) is 0 Å². The molecular formula is C11H7NO4. The number of amides is 2. The minimum Gasteiger partial charge on any atom is -0.417 e. The van der Waals surface area contributed by atoms with Gasteiger partial charge in [-0.05, 0) is 12.1 Å². The first-order valence-electron chi connectivity index (χ1n) is 4.51.